The van der Waals surface area contributed by atoms with Crippen LogP contribution in [0, 0.1) is 5.92 Å². The Bertz CT molecular complexity index is 816. The molecule has 3 amide bonds. The monoisotopic (exact) mass is 393 g/mol. The van der Waals surface area contributed by atoms with E-state index >= 15 is 0 Å². The van der Waals surface area contributed by atoms with Gasteiger partial charge in [0.25, 0.3) is 11.8 Å². The lowest BCUT2D eigenvalue weighted by Gasteiger charge is -2.10. The molecule has 3 N–H and O–H groups in total. The Morgan fingerprint density at radius 3 is 1.81 bits per heavy atom. The lowest BCUT2D eigenvalue weighted by Crippen LogP contribution is -2.41. The second-order valence-corrected chi connectivity index (χ2v) is 6.66. The third-order valence-electron chi connectivity index (χ3n) is 3.35. The lowest BCUT2D eigenvalue weighted by atomic mass is 10.1. The van der Waals surface area contributed by atoms with Gasteiger partial charge in [0.15, 0.2) is 0 Å². The molecule has 0 aliphatic heterocycles. The first-order chi connectivity index (χ1) is 12.3. The molecule has 8 heteroatoms. The van der Waals surface area contributed by atoms with Gasteiger partial charge in [-0.05, 0) is 42.5 Å². The molecule has 0 heterocycles. The van der Waals surface area contributed by atoms with E-state index in [1.165, 1.54) is 30.3 Å². The van der Waals surface area contributed by atoms with Gasteiger partial charge >= 0.3 is 0 Å². The Kier molecular flexibility index (Phi) is 6.60. The first-order valence-corrected chi connectivity index (χ1v) is 8.49. The summed E-state index contributed by atoms with van der Waals surface area (Å²) in [7, 11) is 0. The van der Waals surface area contributed by atoms with Crippen molar-refractivity contribution in [3.8, 4) is 0 Å². The van der Waals surface area contributed by atoms with Crippen LogP contribution in [-0.2, 0) is 4.79 Å². The molecule has 0 aromatic heterocycles. The average Bonchev–Trinajstić information content (AvgIpc) is 2.59. The van der Waals surface area contributed by atoms with E-state index in [1.54, 1.807) is 26.0 Å². The SMILES string of the molecule is CC(C)C(=O)Nc1ccc(C(=O)NNC(=O)c2cc(Cl)cc(Cl)c2)cc1. The number of carbonyl (C=O) groups excluding carboxylic acids is 3. The fourth-order valence-corrected chi connectivity index (χ4v) is 2.46. The summed E-state index contributed by atoms with van der Waals surface area (Å²) in [5, 5.41) is 3.35. The van der Waals surface area contributed by atoms with Gasteiger partial charge in [-0.2, -0.15) is 0 Å². The van der Waals surface area contributed by atoms with Crippen molar-refractivity contribution >= 4 is 46.6 Å². The minimum Gasteiger partial charge on any atom is -0.326 e. The van der Waals surface area contributed by atoms with Crippen LogP contribution >= 0.6 is 23.2 Å². The van der Waals surface area contributed by atoms with Crippen molar-refractivity contribution in [3.05, 3.63) is 63.6 Å². The summed E-state index contributed by atoms with van der Waals surface area (Å²) < 4.78 is 0. The Morgan fingerprint density at radius 2 is 1.31 bits per heavy atom. The number of halogens is 2. The van der Waals surface area contributed by atoms with Crippen LogP contribution in [0.3, 0.4) is 0 Å². The third-order valence-corrected chi connectivity index (χ3v) is 3.79. The van der Waals surface area contributed by atoms with Gasteiger partial charge in [-0.25, -0.2) is 0 Å². The van der Waals surface area contributed by atoms with Crippen LogP contribution in [0.5, 0.6) is 0 Å². The van der Waals surface area contributed by atoms with Crippen molar-refractivity contribution in [2.45, 2.75) is 13.8 Å². The molecule has 6 nitrogen and oxygen atoms in total. The highest BCUT2D eigenvalue weighted by atomic mass is 35.5. The molecule has 0 fully saturated rings. The Labute approximate surface area is 160 Å². The summed E-state index contributed by atoms with van der Waals surface area (Å²) in [5.74, 6) is -1.32. The topological polar surface area (TPSA) is 87.3 Å². The largest absolute Gasteiger partial charge is 0.326 e. The molecule has 0 saturated carbocycles. The van der Waals surface area contributed by atoms with Gasteiger partial charge in [0.05, 0.1) is 0 Å². The Hall–Kier alpha value is -2.57. The van der Waals surface area contributed by atoms with Crippen molar-refractivity contribution in [3.63, 3.8) is 0 Å². The zero-order valence-electron chi connectivity index (χ0n) is 14.1. The van der Waals surface area contributed by atoms with Crippen LogP contribution in [0.4, 0.5) is 5.69 Å². The zero-order valence-corrected chi connectivity index (χ0v) is 15.6. The van der Waals surface area contributed by atoms with Crippen molar-refractivity contribution < 1.29 is 14.4 Å². The number of amides is 3. The number of anilines is 1. The number of rotatable bonds is 4. The van der Waals surface area contributed by atoms with E-state index in [1.807, 2.05) is 0 Å². The average molecular weight is 394 g/mol. The van der Waals surface area contributed by atoms with Gasteiger partial charge in [0.1, 0.15) is 0 Å². The van der Waals surface area contributed by atoms with E-state index in [9.17, 15) is 14.4 Å². The first kappa shape index (κ1) is 19.8. The van der Waals surface area contributed by atoms with Gasteiger partial charge in [0, 0.05) is 32.8 Å². The summed E-state index contributed by atoms with van der Waals surface area (Å²) in [5.41, 5.74) is 5.71. The highest BCUT2D eigenvalue weighted by molar-refractivity contribution is 6.35. The minimum absolute atomic E-state index is 0.116. The lowest BCUT2D eigenvalue weighted by molar-refractivity contribution is -0.118. The zero-order chi connectivity index (χ0) is 19.3. The molecular weight excluding hydrogens is 377 g/mol. The minimum atomic E-state index is -0.552. The molecule has 0 unspecified atom stereocenters. The fourth-order valence-electron chi connectivity index (χ4n) is 1.93. The molecule has 0 aliphatic rings. The smallest absolute Gasteiger partial charge is 0.269 e. The maximum Gasteiger partial charge on any atom is 0.269 e. The molecular formula is C18H17Cl2N3O3. The first-order valence-electron chi connectivity index (χ1n) is 7.74. The maximum absolute atomic E-state index is 12.1. The second-order valence-electron chi connectivity index (χ2n) is 5.79. The predicted octanol–water partition coefficient (Wildman–Crippen LogP) is 3.66. The van der Waals surface area contributed by atoms with Gasteiger partial charge in [-0.3, -0.25) is 25.2 Å². The summed E-state index contributed by atoms with van der Waals surface area (Å²) in [6, 6.07) is 10.6. The highest BCUT2D eigenvalue weighted by Gasteiger charge is 2.11. The van der Waals surface area contributed by atoms with Gasteiger partial charge in [-0.15, -0.1) is 0 Å². The molecule has 0 aliphatic carbocycles. The van der Waals surface area contributed by atoms with Crippen LogP contribution in [0.25, 0.3) is 0 Å². The summed E-state index contributed by atoms with van der Waals surface area (Å²) in [6.07, 6.45) is 0. The molecule has 2 aromatic rings. The van der Waals surface area contributed by atoms with E-state index in [4.69, 9.17) is 23.2 Å². The van der Waals surface area contributed by atoms with Crippen molar-refractivity contribution in [1.82, 2.24) is 10.9 Å². The van der Waals surface area contributed by atoms with Gasteiger partial charge in [0.2, 0.25) is 5.91 Å². The number of carbonyl (C=O) groups is 3. The Morgan fingerprint density at radius 1 is 0.808 bits per heavy atom. The van der Waals surface area contributed by atoms with E-state index in [0.717, 1.165) is 0 Å². The molecule has 0 saturated heterocycles. The van der Waals surface area contributed by atoms with Crippen LogP contribution in [-0.4, -0.2) is 17.7 Å². The number of nitrogens with one attached hydrogen (secondary N) is 3. The van der Waals surface area contributed by atoms with Crippen LogP contribution in [0.15, 0.2) is 42.5 Å². The third kappa shape index (κ3) is 5.47. The fraction of sp³-hybridized carbons (Fsp3) is 0.167. The summed E-state index contributed by atoms with van der Waals surface area (Å²) >= 11 is 11.7. The van der Waals surface area contributed by atoms with Gasteiger partial charge in [-0.1, -0.05) is 37.0 Å². The predicted molar refractivity (Wildman–Crippen MR) is 101 cm³/mol. The van der Waals surface area contributed by atoms with E-state index in [-0.39, 0.29) is 17.4 Å². The molecule has 2 rings (SSSR count). The highest BCUT2D eigenvalue weighted by Crippen LogP contribution is 2.18. The molecule has 2 aromatic carbocycles. The van der Waals surface area contributed by atoms with E-state index in [2.05, 4.69) is 16.2 Å². The maximum atomic E-state index is 12.1. The van der Waals surface area contributed by atoms with E-state index < -0.39 is 11.8 Å². The standard InChI is InChI=1S/C18H17Cl2N3O3/c1-10(2)16(24)21-15-5-3-11(4-6-15)17(25)22-23-18(26)12-7-13(19)9-14(20)8-12/h3-10H,1-2H3,(H,21,24)(H,22,25)(H,23,26). The second kappa shape index (κ2) is 8.69. The molecule has 0 spiro atoms. The molecule has 0 atom stereocenters. The van der Waals surface area contributed by atoms with Crippen LogP contribution in [0.2, 0.25) is 10.0 Å². The number of benzene rings is 2. The number of hydrogen-bond donors (Lipinski definition) is 3. The molecule has 26 heavy (non-hydrogen) atoms. The van der Waals surface area contributed by atoms with Crippen molar-refractivity contribution in [1.29, 1.82) is 0 Å². The molecule has 0 radical (unpaired) electrons. The summed E-state index contributed by atoms with van der Waals surface area (Å²) in [6.45, 7) is 3.57. The van der Waals surface area contributed by atoms with E-state index in [0.29, 0.717) is 21.3 Å². The summed E-state index contributed by atoms with van der Waals surface area (Å²) in [4.78, 5) is 35.8. The van der Waals surface area contributed by atoms with Crippen molar-refractivity contribution in [2.24, 2.45) is 5.92 Å². The number of hydrazine groups is 1. The normalized spacial score (nSPS) is 10.3. The number of hydrogen-bond acceptors (Lipinski definition) is 3. The quantitative estimate of drug-likeness (QED) is 0.692. The van der Waals surface area contributed by atoms with Crippen molar-refractivity contribution in [2.75, 3.05) is 5.32 Å². The van der Waals surface area contributed by atoms with Crippen LogP contribution < -0.4 is 16.2 Å². The van der Waals surface area contributed by atoms with Gasteiger partial charge < -0.3 is 5.32 Å². The molecule has 0 bridgehead atoms. The molecule has 136 valence electrons. The van der Waals surface area contributed by atoms with Crippen LogP contribution in [0.1, 0.15) is 34.6 Å². The Balaban J connectivity index is 1.95.